The van der Waals surface area contributed by atoms with Crippen molar-refractivity contribution in [1.82, 2.24) is 4.98 Å². The van der Waals surface area contributed by atoms with E-state index in [9.17, 15) is 14.7 Å². The lowest BCUT2D eigenvalue weighted by Gasteiger charge is -2.25. The first-order valence-electron chi connectivity index (χ1n) is 9.64. The summed E-state index contributed by atoms with van der Waals surface area (Å²) >= 11 is 9.69. The van der Waals surface area contributed by atoms with Gasteiger partial charge < -0.3 is 9.84 Å². The van der Waals surface area contributed by atoms with Crippen molar-refractivity contribution in [2.45, 2.75) is 13.0 Å². The maximum Gasteiger partial charge on any atom is 0.300 e. The number of halogens is 2. The maximum atomic E-state index is 13.2. The molecule has 1 atom stereocenters. The van der Waals surface area contributed by atoms with E-state index >= 15 is 0 Å². The number of pyridine rings is 1. The Balaban J connectivity index is 1.99. The maximum absolute atomic E-state index is 13.2. The number of aliphatic hydroxyl groups excluding tert-OH is 1. The number of benzene rings is 2. The zero-order chi connectivity index (χ0) is 23.0. The molecule has 1 fully saturated rings. The third-order valence-electron chi connectivity index (χ3n) is 5.22. The molecule has 4 rings (SSSR count). The van der Waals surface area contributed by atoms with E-state index in [0.717, 1.165) is 10.0 Å². The van der Waals surface area contributed by atoms with Crippen LogP contribution in [0.25, 0.3) is 5.76 Å². The molecule has 1 aromatic heterocycles. The number of aryl methyl sites for hydroxylation is 1. The number of ketones is 1. The van der Waals surface area contributed by atoms with Gasteiger partial charge in [-0.15, -0.1) is 0 Å². The zero-order valence-corrected chi connectivity index (χ0v) is 19.5. The number of aromatic nitrogens is 1. The molecule has 32 heavy (non-hydrogen) atoms. The van der Waals surface area contributed by atoms with Gasteiger partial charge in [0.2, 0.25) is 0 Å². The van der Waals surface area contributed by atoms with Gasteiger partial charge in [0.25, 0.3) is 11.7 Å². The van der Waals surface area contributed by atoms with Gasteiger partial charge >= 0.3 is 0 Å². The fourth-order valence-electron chi connectivity index (χ4n) is 3.82. The summed E-state index contributed by atoms with van der Waals surface area (Å²) in [5, 5.41) is 11.6. The fourth-order valence-corrected chi connectivity index (χ4v) is 4.43. The average molecular weight is 514 g/mol. The van der Waals surface area contributed by atoms with Crippen LogP contribution in [0.1, 0.15) is 22.7 Å². The highest BCUT2D eigenvalue weighted by Gasteiger charge is 2.47. The Hall–Kier alpha value is -3.16. The lowest BCUT2D eigenvalue weighted by molar-refractivity contribution is -0.132. The van der Waals surface area contributed by atoms with Gasteiger partial charge in [0.15, 0.2) is 0 Å². The second-order valence-corrected chi connectivity index (χ2v) is 8.58. The van der Waals surface area contributed by atoms with Crippen LogP contribution in [0.5, 0.6) is 5.75 Å². The highest BCUT2D eigenvalue weighted by Crippen LogP contribution is 2.44. The Labute approximate surface area is 198 Å². The van der Waals surface area contributed by atoms with Crippen LogP contribution in [-0.4, -0.2) is 28.9 Å². The average Bonchev–Trinajstić information content (AvgIpc) is 3.04. The number of Topliss-reactive ketones (excluding diaryl/α,β-unsaturated/α-hetero) is 1. The molecule has 8 heteroatoms. The summed E-state index contributed by atoms with van der Waals surface area (Å²) < 4.78 is 6.22. The minimum absolute atomic E-state index is 0.0518. The molecule has 162 valence electrons. The van der Waals surface area contributed by atoms with E-state index in [1.807, 2.05) is 6.92 Å². The van der Waals surface area contributed by atoms with Crippen LogP contribution < -0.4 is 9.64 Å². The molecule has 0 bridgehead atoms. The smallest absolute Gasteiger partial charge is 0.300 e. The number of amides is 1. The molecule has 1 unspecified atom stereocenters. The Bertz CT molecular complexity index is 1240. The summed E-state index contributed by atoms with van der Waals surface area (Å²) in [6, 6.07) is 12.9. The molecule has 1 saturated heterocycles. The summed E-state index contributed by atoms with van der Waals surface area (Å²) in [5.74, 6) is -1.68. The summed E-state index contributed by atoms with van der Waals surface area (Å²) in [5.41, 5.74) is 2.10. The molecule has 1 aliphatic rings. The van der Waals surface area contributed by atoms with Crippen LogP contribution >= 0.6 is 27.5 Å². The van der Waals surface area contributed by atoms with Crippen molar-refractivity contribution in [1.29, 1.82) is 0 Å². The van der Waals surface area contributed by atoms with Crippen molar-refractivity contribution in [3.05, 3.63) is 92.7 Å². The zero-order valence-electron chi connectivity index (χ0n) is 17.2. The molecule has 0 radical (unpaired) electrons. The number of nitrogens with zero attached hydrogens (tertiary/aromatic N) is 2. The minimum Gasteiger partial charge on any atom is -0.507 e. The summed E-state index contributed by atoms with van der Waals surface area (Å²) in [4.78, 5) is 31.8. The first-order valence-corrected chi connectivity index (χ1v) is 10.8. The number of ether oxygens (including phenoxy) is 1. The Kier molecular flexibility index (Phi) is 6.04. The van der Waals surface area contributed by atoms with Crippen molar-refractivity contribution < 1.29 is 19.4 Å². The van der Waals surface area contributed by atoms with Crippen LogP contribution in [0.4, 0.5) is 5.69 Å². The van der Waals surface area contributed by atoms with Crippen molar-refractivity contribution in [2.75, 3.05) is 12.0 Å². The van der Waals surface area contributed by atoms with E-state index in [2.05, 4.69) is 20.9 Å². The monoisotopic (exact) mass is 512 g/mol. The number of hydrogen-bond acceptors (Lipinski definition) is 5. The van der Waals surface area contributed by atoms with Crippen molar-refractivity contribution in [3.8, 4) is 5.75 Å². The van der Waals surface area contributed by atoms with Gasteiger partial charge in [0.1, 0.15) is 11.5 Å². The van der Waals surface area contributed by atoms with Crippen molar-refractivity contribution >= 4 is 50.7 Å². The highest BCUT2D eigenvalue weighted by molar-refractivity contribution is 9.10. The van der Waals surface area contributed by atoms with Crippen molar-refractivity contribution in [2.24, 2.45) is 0 Å². The number of aliphatic hydroxyl groups is 1. The van der Waals surface area contributed by atoms with Crippen LogP contribution in [0, 0.1) is 6.92 Å². The standard InChI is InChI=1S/C24H18BrClN2O4/c1-13-11-17(23(32-2)18(26)12-13)21(29)19-20(14-7-9-27-10-8-14)28(24(31)22(19)30)16-5-3-15(25)4-6-16/h3-12,20,29H,1-2H3/b21-19+. The molecule has 2 aromatic carbocycles. The molecule has 2 heterocycles. The van der Waals surface area contributed by atoms with Crippen LogP contribution in [0.2, 0.25) is 5.02 Å². The molecule has 0 spiro atoms. The predicted octanol–water partition coefficient (Wildman–Crippen LogP) is 5.44. The number of methoxy groups -OCH3 is 1. The lowest BCUT2D eigenvalue weighted by Crippen LogP contribution is -2.29. The molecule has 1 N–H and O–H groups in total. The molecule has 1 amide bonds. The van der Waals surface area contributed by atoms with Crippen LogP contribution in [-0.2, 0) is 9.59 Å². The summed E-state index contributed by atoms with van der Waals surface area (Å²) in [6.07, 6.45) is 3.14. The second kappa shape index (κ2) is 8.76. The highest BCUT2D eigenvalue weighted by atomic mass is 79.9. The largest absolute Gasteiger partial charge is 0.507 e. The minimum atomic E-state index is -0.858. The Morgan fingerprint density at radius 1 is 1.12 bits per heavy atom. The number of carbonyl (C=O) groups excluding carboxylic acids is 2. The quantitative estimate of drug-likeness (QED) is 0.285. The topological polar surface area (TPSA) is 79.7 Å². The van der Waals surface area contributed by atoms with Gasteiger partial charge in [-0.25, -0.2) is 0 Å². The molecule has 0 aliphatic carbocycles. The number of hydrogen-bond donors (Lipinski definition) is 1. The van der Waals surface area contributed by atoms with E-state index in [0.29, 0.717) is 11.3 Å². The van der Waals surface area contributed by atoms with Gasteiger partial charge in [-0.2, -0.15) is 0 Å². The van der Waals surface area contributed by atoms with Gasteiger partial charge in [-0.3, -0.25) is 19.5 Å². The van der Waals surface area contributed by atoms with Gasteiger partial charge in [0.05, 0.1) is 29.3 Å². The molecular weight excluding hydrogens is 496 g/mol. The number of rotatable bonds is 4. The van der Waals surface area contributed by atoms with E-state index in [1.165, 1.54) is 12.0 Å². The fraction of sp³-hybridized carbons (Fsp3) is 0.125. The molecule has 1 aliphatic heterocycles. The molecule has 3 aromatic rings. The van der Waals surface area contributed by atoms with E-state index in [4.69, 9.17) is 16.3 Å². The normalized spacial score (nSPS) is 17.6. The van der Waals surface area contributed by atoms with Crippen LogP contribution in [0.15, 0.2) is 71.0 Å². The number of carbonyl (C=O) groups is 2. The first-order chi connectivity index (χ1) is 15.3. The summed E-state index contributed by atoms with van der Waals surface area (Å²) in [7, 11) is 1.42. The van der Waals surface area contributed by atoms with E-state index in [-0.39, 0.29) is 27.7 Å². The third-order valence-corrected chi connectivity index (χ3v) is 6.03. The van der Waals surface area contributed by atoms with Gasteiger partial charge in [-0.05, 0) is 66.6 Å². The number of anilines is 1. The Morgan fingerprint density at radius 2 is 1.78 bits per heavy atom. The first kappa shape index (κ1) is 22.0. The Morgan fingerprint density at radius 3 is 2.41 bits per heavy atom. The van der Waals surface area contributed by atoms with Crippen LogP contribution in [0.3, 0.4) is 0 Å². The molecule has 6 nitrogen and oxygen atoms in total. The molecular formula is C24H18BrClN2O4. The predicted molar refractivity (Wildman–Crippen MR) is 126 cm³/mol. The third kappa shape index (κ3) is 3.78. The SMILES string of the molecule is COc1c(Cl)cc(C)cc1/C(O)=C1\C(=O)C(=O)N(c2ccc(Br)cc2)C1c1ccncc1. The molecule has 0 saturated carbocycles. The second-order valence-electron chi connectivity index (χ2n) is 7.25. The summed E-state index contributed by atoms with van der Waals surface area (Å²) in [6.45, 7) is 1.81. The van der Waals surface area contributed by atoms with Gasteiger partial charge in [-0.1, -0.05) is 27.5 Å². The van der Waals surface area contributed by atoms with E-state index in [1.54, 1.807) is 60.9 Å². The van der Waals surface area contributed by atoms with Crippen molar-refractivity contribution in [3.63, 3.8) is 0 Å². The van der Waals surface area contributed by atoms with E-state index < -0.39 is 17.7 Å². The van der Waals surface area contributed by atoms with Gasteiger partial charge in [0, 0.05) is 22.6 Å². The lowest BCUT2D eigenvalue weighted by atomic mass is 9.95.